The highest BCUT2D eigenvalue weighted by Crippen LogP contribution is 2.40. The number of amides is 1. The van der Waals surface area contributed by atoms with E-state index in [-0.39, 0.29) is 5.91 Å². The number of carbonyl (C=O) groups is 1. The normalized spacial score (nSPS) is 17.6. The van der Waals surface area contributed by atoms with Crippen LogP contribution in [0.4, 0.5) is 11.6 Å². The largest absolute Gasteiger partial charge is 0.491 e. The molecule has 10 heteroatoms. The Morgan fingerprint density at radius 3 is 2.64 bits per heavy atom. The summed E-state index contributed by atoms with van der Waals surface area (Å²) in [6.45, 7) is 3.42. The van der Waals surface area contributed by atoms with Gasteiger partial charge in [-0.3, -0.25) is 9.48 Å². The van der Waals surface area contributed by atoms with Crippen molar-refractivity contribution in [2.75, 3.05) is 11.9 Å². The maximum absolute atomic E-state index is 13.8. The SMILES string of the molecule is CCn1c(C(=O)N(C2CC2)C2CC2)cc2c3c(ncn3C)c(Nc3cc(C4=CCCO4)n(C)n3)nc21. The quantitative estimate of drug-likeness (QED) is 0.425. The van der Waals surface area contributed by atoms with Gasteiger partial charge in [-0.25, -0.2) is 9.97 Å². The van der Waals surface area contributed by atoms with E-state index in [1.165, 1.54) is 0 Å². The molecule has 2 fully saturated rings. The van der Waals surface area contributed by atoms with Crippen molar-refractivity contribution in [1.82, 2.24) is 33.8 Å². The number of hydrogen-bond donors (Lipinski definition) is 1. The highest BCUT2D eigenvalue weighted by atomic mass is 16.5. The topological polar surface area (TPSA) is 95.0 Å². The lowest BCUT2D eigenvalue weighted by molar-refractivity contribution is 0.0719. The van der Waals surface area contributed by atoms with E-state index >= 15 is 0 Å². The van der Waals surface area contributed by atoms with Crippen LogP contribution in [0, 0.1) is 0 Å². The number of aryl methyl sites for hydroxylation is 3. The molecule has 1 N–H and O–H groups in total. The number of nitrogens with zero attached hydrogens (tertiary/aromatic N) is 7. The maximum Gasteiger partial charge on any atom is 0.271 e. The highest BCUT2D eigenvalue weighted by molar-refractivity contribution is 6.10. The number of anilines is 2. The lowest BCUT2D eigenvalue weighted by Gasteiger charge is -2.22. The van der Waals surface area contributed by atoms with Gasteiger partial charge in [-0.2, -0.15) is 5.10 Å². The Kier molecular flexibility index (Phi) is 4.67. The Morgan fingerprint density at radius 1 is 1.19 bits per heavy atom. The summed E-state index contributed by atoms with van der Waals surface area (Å²) in [6, 6.07) is 4.78. The van der Waals surface area contributed by atoms with Crippen molar-refractivity contribution in [3.8, 4) is 0 Å². The molecule has 0 unspecified atom stereocenters. The van der Waals surface area contributed by atoms with Gasteiger partial charge in [0, 0.05) is 50.6 Å². The van der Waals surface area contributed by atoms with Crippen LogP contribution in [0.15, 0.2) is 24.5 Å². The summed E-state index contributed by atoms with van der Waals surface area (Å²) in [5, 5.41) is 8.98. The summed E-state index contributed by atoms with van der Waals surface area (Å²) in [4.78, 5) is 25.6. The smallest absolute Gasteiger partial charge is 0.271 e. The number of nitrogens with one attached hydrogen (secondary N) is 1. The van der Waals surface area contributed by atoms with Crippen LogP contribution in [0.1, 0.15) is 55.2 Å². The van der Waals surface area contributed by atoms with Gasteiger partial charge in [0.15, 0.2) is 11.6 Å². The number of rotatable bonds is 7. The molecule has 0 saturated heterocycles. The number of aromatic nitrogens is 6. The number of hydrogen-bond acceptors (Lipinski definition) is 6. The number of fused-ring (bicyclic) bond motifs is 3. The van der Waals surface area contributed by atoms with E-state index in [0.29, 0.717) is 42.6 Å². The van der Waals surface area contributed by atoms with Crippen LogP contribution in [-0.2, 0) is 25.4 Å². The minimum absolute atomic E-state index is 0.129. The van der Waals surface area contributed by atoms with Crippen LogP contribution in [0.25, 0.3) is 27.8 Å². The summed E-state index contributed by atoms with van der Waals surface area (Å²) < 4.78 is 11.6. The monoisotopic (exact) mass is 486 g/mol. The standard InChI is InChI=1S/C26H30N8O2/c1-4-33-19(26(35)34(15-7-8-15)16-9-10-16)12-17-23-22(27-14-31(23)2)24(29-25(17)33)28-21-13-18(32(3)30-21)20-6-5-11-36-20/h6,12-16H,4-5,7-11H2,1-3H3,(H,28,29,30). The van der Waals surface area contributed by atoms with Gasteiger partial charge in [-0.1, -0.05) is 0 Å². The van der Waals surface area contributed by atoms with E-state index < -0.39 is 0 Å². The minimum Gasteiger partial charge on any atom is -0.491 e. The van der Waals surface area contributed by atoms with Crippen LogP contribution < -0.4 is 5.32 Å². The van der Waals surface area contributed by atoms with E-state index in [0.717, 1.165) is 65.6 Å². The third-order valence-electron chi connectivity index (χ3n) is 7.44. The van der Waals surface area contributed by atoms with Crippen LogP contribution in [0.2, 0.25) is 0 Å². The average molecular weight is 487 g/mol. The van der Waals surface area contributed by atoms with E-state index in [9.17, 15) is 4.79 Å². The molecule has 2 aliphatic carbocycles. The Morgan fingerprint density at radius 2 is 1.97 bits per heavy atom. The van der Waals surface area contributed by atoms with Crippen molar-refractivity contribution >= 4 is 45.4 Å². The van der Waals surface area contributed by atoms with E-state index in [1.807, 2.05) is 40.0 Å². The molecule has 10 nitrogen and oxygen atoms in total. The van der Waals surface area contributed by atoms with E-state index in [4.69, 9.17) is 9.72 Å². The van der Waals surface area contributed by atoms with Crippen LogP contribution in [0.5, 0.6) is 0 Å². The van der Waals surface area contributed by atoms with Crippen molar-refractivity contribution in [2.24, 2.45) is 14.1 Å². The number of pyridine rings is 1. The summed E-state index contributed by atoms with van der Waals surface area (Å²) in [7, 11) is 3.88. The highest BCUT2D eigenvalue weighted by Gasteiger charge is 2.43. The van der Waals surface area contributed by atoms with E-state index in [2.05, 4.69) is 33.3 Å². The Hall–Kier alpha value is -3.82. The number of carbonyl (C=O) groups excluding carboxylic acids is 1. The van der Waals surface area contributed by atoms with Crippen LogP contribution in [-0.4, -0.2) is 58.4 Å². The molecule has 0 spiro atoms. The second-order valence-electron chi connectivity index (χ2n) is 10.1. The van der Waals surface area contributed by atoms with Gasteiger partial charge in [-0.05, 0) is 44.7 Å². The second kappa shape index (κ2) is 7.84. The summed E-state index contributed by atoms with van der Waals surface area (Å²) >= 11 is 0. The first-order valence-corrected chi connectivity index (χ1v) is 12.8. The van der Waals surface area contributed by atoms with Crippen LogP contribution in [0.3, 0.4) is 0 Å². The third kappa shape index (κ3) is 3.30. The zero-order valence-electron chi connectivity index (χ0n) is 20.9. The molecular formula is C26H30N8O2. The fourth-order valence-electron chi connectivity index (χ4n) is 5.44. The molecule has 1 aliphatic heterocycles. The zero-order valence-corrected chi connectivity index (χ0v) is 20.9. The van der Waals surface area contributed by atoms with Gasteiger partial charge in [0.1, 0.15) is 28.3 Å². The van der Waals surface area contributed by atoms with Gasteiger partial charge in [-0.15, -0.1) is 0 Å². The molecule has 1 amide bonds. The molecule has 0 aromatic carbocycles. The predicted molar refractivity (Wildman–Crippen MR) is 137 cm³/mol. The van der Waals surface area contributed by atoms with Crippen molar-refractivity contribution in [3.05, 3.63) is 35.9 Å². The van der Waals surface area contributed by atoms with Gasteiger partial charge in [0.05, 0.1) is 18.5 Å². The fraction of sp³-hybridized carbons (Fsp3) is 0.462. The summed E-state index contributed by atoms with van der Waals surface area (Å²) in [5.41, 5.74) is 4.11. The van der Waals surface area contributed by atoms with Crippen molar-refractivity contribution < 1.29 is 9.53 Å². The second-order valence-corrected chi connectivity index (χ2v) is 10.1. The molecule has 36 heavy (non-hydrogen) atoms. The molecule has 2 saturated carbocycles. The zero-order chi connectivity index (χ0) is 24.6. The number of imidazole rings is 1. The molecule has 186 valence electrons. The molecule has 0 atom stereocenters. The van der Waals surface area contributed by atoms with Crippen molar-refractivity contribution in [3.63, 3.8) is 0 Å². The predicted octanol–water partition coefficient (Wildman–Crippen LogP) is 3.95. The molecule has 4 aromatic heterocycles. The molecule has 4 aromatic rings. The molecule has 0 bridgehead atoms. The van der Waals surface area contributed by atoms with Gasteiger partial charge >= 0.3 is 0 Å². The first kappa shape index (κ1) is 21.5. The molecule has 7 rings (SSSR count). The van der Waals surface area contributed by atoms with Gasteiger partial charge < -0.3 is 24.1 Å². The number of ether oxygens (including phenoxy) is 1. The fourth-order valence-corrected chi connectivity index (χ4v) is 5.44. The summed E-state index contributed by atoms with van der Waals surface area (Å²) in [5.74, 6) is 2.27. The first-order valence-electron chi connectivity index (χ1n) is 12.8. The maximum atomic E-state index is 13.8. The Labute approximate surface area is 208 Å². The first-order chi connectivity index (χ1) is 17.5. The molecular weight excluding hydrogens is 456 g/mol. The molecule has 3 aliphatic rings. The van der Waals surface area contributed by atoms with Crippen molar-refractivity contribution in [1.29, 1.82) is 0 Å². The lowest BCUT2D eigenvalue weighted by Crippen LogP contribution is -2.36. The van der Waals surface area contributed by atoms with E-state index in [1.54, 1.807) is 6.33 Å². The summed E-state index contributed by atoms with van der Waals surface area (Å²) in [6.07, 6.45) is 9.23. The molecule has 0 radical (unpaired) electrons. The van der Waals surface area contributed by atoms with Gasteiger partial charge in [0.2, 0.25) is 0 Å². The average Bonchev–Trinajstić information content (AvgIpc) is 3.69. The third-order valence-corrected chi connectivity index (χ3v) is 7.44. The Bertz CT molecular complexity index is 1540. The Balaban J connectivity index is 1.34. The van der Waals surface area contributed by atoms with Crippen molar-refractivity contribution in [2.45, 2.75) is 57.7 Å². The minimum atomic E-state index is 0.129. The molecule has 5 heterocycles. The van der Waals surface area contributed by atoms with Crippen LogP contribution >= 0.6 is 0 Å². The lowest BCUT2D eigenvalue weighted by atomic mass is 10.2. The van der Waals surface area contributed by atoms with Gasteiger partial charge in [0.25, 0.3) is 5.91 Å².